The molecule has 2 fully saturated rings. The number of rotatable bonds is 10. The van der Waals surface area contributed by atoms with E-state index in [9.17, 15) is 14.4 Å². The summed E-state index contributed by atoms with van der Waals surface area (Å²) < 4.78 is 0. The van der Waals surface area contributed by atoms with Crippen LogP contribution in [0.15, 0.2) is 0 Å². The molecule has 24 heavy (non-hydrogen) atoms. The van der Waals surface area contributed by atoms with E-state index in [-0.39, 0.29) is 24.0 Å². The van der Waals surface area contributed by atoms with E-state index in [4.69, 9.17) is 5.11 Å². The molecule has 8 heteroatoms. The number of nitrogens with one attached hydrogen (secondary N) is 3. The average molecular weight is 357 g/mol. The van der Waals surface area contributed by atoms with Gasteiger partial charge >= 0.3 is 12.0 Å². The van der Waals surface area contributed by atoms with Gasteiger partial charge in [0.05, 0.1) is 12.1 Å². The number of aliphatic carboxylic acids is 1. The average Bonchev–Trinajstić information content (AvgIpc) is 3.07. The van der Waals surface area contributed by atoms with Crippen LogP contribution in [-0.4, -0.2) is 52.1 Å². The standard InChI is InChI=1S/C16H27N3O4S/c1-2-3-6-10(15(21)22)17-13(20)8-5-4-7-12-14-11(9-24-12)18-16(23)19-14/h10-12,14H,2-9H2,1H3,(H,17,20)(H,21,22)(H2,18,19,23)/t10?,11-,12-,14-/m0/s1. The van der Waals surface area contributed by atoms with Gasteiger partial charge < -0.3 is 21.1 Å². The van der Waals surface area contributed by atoms with Crippen LogP contribution in [0.25, 0.3) is 0 Å². The molecule has 2 rings (SSSR count). The summed E-state index contributed by atoms with van der Waals surface area (Å²) in [5, 5.41) is 18.0. The van der Waals surface area contributed by atoms with Crippen LogP contribution in [0.2, 0.25) is 0 Å². The zero-order valence-electron chi connectivity index (χ0n) is 14.0. The van der Waals surface area contributed by atoms with E-state index in [1.54, 1.807) is 0 Å². The number of amides is 3. The van der Waals surface area contributed by atoms with E-state index in [0.29, 0.717) is 18.1 Å². The highest BCUT2D eigenvalue weighted by Crippen LogP contribution is 2.33. The molecule has 2 heterocycles. The van der Waals surface area contributed by atoms with Gasteiger partial charge in [-0.25, -0.2) is 9.59 Å². The molecule has 0 saturated carbocycles. The fourth-order valence-corrected chi connectivity index (χ4v) is 4.75. The van der Waals surface area contributed by atoms with Gasteiger partial charge in [-0.2, -0.15) is 11.8 Å². The fourth-order valence-electron chi connectivity index (χ4n) is 3.21. The van der Waals surface area contributed by atoms with E-state index in [2.05, 4.69) is 16.0 Å². The molecule has 2 aliphatic rings. The number of thioether (sulfide) groups is 1. The molecule has 0 aromatic carbocycles. The third-order valence-electron chi connectivity index (χ3n) is 4.56. The molecule has 4 N–H and O–H groups in total. The second kappa shape index (κ2) is 9.15. The van der Waals surface area contributed by atoms with Crippen LogP contribution < -0.4 is 16.0 Å². The number of carbonyl (C=O) groups is 3. The minimum atomic E-state index is -0.963. The summed E-state index contributed by atoms with van der Waals surface area (Å²) in [6.45, 7) is 1.99. The Morgan fingerprint density at radius 1 is 1.33 bits per heavy atom. The van der Waals surface area contributed by atoms with Crippen molar-refractivity contribution in [1.29, 1.82) is 0 Å². The molecule has 0 spiro atoms. The predicted molar refractivity (Wildman–Crippen MR) is 93.0 cm³/mol. The monoisotopic (exact) mass is 357 g/mol. The summed E-state index contributed by atoms with van der Waals surface area (Å²) in [5.74, 6) is -0.215. The molecule has 2 aliphatic heterocycles. The quantitative estimate of drug-likeness (QED) is 0.350. The summed E-state index contributed by atoms with van der Waals surface area (Å²) in [5.41, 5.74) is 0. The van der Waals surface area contributed by atoms with Crippen LogP contribution in [0.5, 0.6) is 0 Å². The molecule has 0 aromatic heterocycles. The van der Waals surface area contributed by atoms with Gasteiger partial charge in [0.1, 0.15) is 6.04 Å². The summed E-state index contributed by atoms with van der Waals surface area (Å²) in [6.07, 6.45) is 5.13. The summed E-state index contributed by atoms with van der Waals surface area (Å²) in [6, 6.07) is -0.433. The Morgan fingerprint density at radius 2 is 2.12 bits per heavy atom. The normalized spacial score (nSPS) is 26.4. The molecule has 0 radical (unpaired) electrons. The molecule has 3 amide bonds. The Balaban J connectivity index is 1.62. The van der Waals surface area contributed by atoms with Crippen molar-refractivity contribution in [2.24, 2.45) is 0 Å². The summed E-state index contributed by atoms with van der Waals surface area (Å²) in [7, 11) is 0. The Labute approximate surface area is 146 Å². The SMILES string of the molecule is CCCCC(NC(=O)CCCC[C@@H]1SC[C@@H]2NC(=O)N[C@@H]21)C(=O)O. The smallest absolute Gasteiger partial charge is 0.326 e. The zero-order valence-corrected chi connectivity index (χ0v) is 14.9. The Kier molecular flexibility index (Phi) is 7.20. The number of carboxylic acid groups (broad SMARTS) is 1. The van der Waals surface area contributed by atoms with E-state index in [1.807, 2.05) is 18.7 Å². The highest BCUT2D eigenvalue weighted by molar-refractivity contribution is 8.00. The van der Waals surface area contributed by atoms with E-state index in [1.165, 1.54) is 0 Å². The number of urea groups is 1. The Bertz CT molecular complexity index is 474. The summed E-state index contributed by atoms with van der Waals surface area (Å²) in [4.78, 5) is 34.3. The molecule has 1 unspecified atom stereocenters. The van der Waals surface area contributed by atoms with Crippen molar-refractivity contribution in [3.63, 3.8) is 0 Å². The zero-order chi connectivity index (χ0) is 17.5. The van der Waals surface area contributed by atoms with Crippen molar-refractivity contribution in [3.05, 3.63) is 0 Å². The molecular formula is C16H27N3O4S. The highest BCUT2D eigenvalue weighted by Gasteiger charge is 2.42. The predicted octanol–water partition coefficient (Wildman–Crippen LogP) is 1.47. The second-order valence-electron chi connectivity index (χ2n) is 6.47. The van der Waals surface area contributed by atoms with Crippen LogP contribution in [0.4, 0.5) is 4.79 Å². The maximum absolute atomic E-state index is 11.9. The number of hydrogen-bond acceptors (Lipinski definition) is 4. The van der Waals surface area contributed by atoms with Crippen LogP contribution in [0.1, 0.15) is 51.9 Å². The van der Waals surface area contributed by atoms with E-state index in [0.717, 1.165) is 37.9 Å². The van der Waals surface area contributed by atoms with E-state index >= 15 is 0 Å². The Morgan fingerprint density at radius 3 is 2.83 bits per heavy atom. The lowest BCUT2D eigenvalue weighted by atomic mass is 10.0. The maximum atomic E-state index is 11.9. The number of unbranched alkanes of at least 4 members (excludes halogenated alkanes) is 2. The van der Waals surface area contributed by atoms with Gasteiger partial charge in [0.25, 0.3) is 0 Å². The minimum absolute atomic E-state index is 0.0820. The van der Waals surface area contributed by atoms with Crippen LogP contribution in [0.3, 0.4) is 0 Å². The number of fused-ring (bicyclic) bond motifs is 1. The first kappa shape index (κ1) is 18.9. The largest absolute Gasteiger partial charge is 0.480 e. The van der Waals surface area contributed by atoms with Crippen molar-refractivity contribution in [3.8, 4) is 0 Å². The van der Waals surface area contributed by atoms with Gasteiger partial charge in [-0.1, -0.05) is 26.2 Å². The van der Waals surface area contributed by atoms with Gasteiger partial charge in [0.15, 0.2) is 0 Å². The molecule has 4 atom stereocenters. The molecule has 136 valence electrons. The van der Waals surface area contributed by atoms with Crippen molar-refractivity contribution >= 4 is 29.7 Å². The van der Waals surface area contributed by atoms with Gasteiger partial charge in [-0.15, -0.1) is 0 Å². The van der Waals surface area contributed by atoms with Gasteiger partial charge in [-0.05, 0) is 19.3 Å². The van der Waals surface area contributed by atoms with Gasteiger partial charge in [0, 0.05) is 17.4 Å². The first-order valence-electron chi connectivity index (χ1n) is 8.72. The lowest BCUT2D eigenvalue weighted by molar-refractivity contribution is -0.142. The van der Waals surface area contributed by atoms with Crippen molar-refractivity contribution in [2.45, 2.75) is 75.2 Å². The number of carbonyl (C=O) groups excluding carboxylic acids is 2. The number of carboxylic acids is 1. The fraction of sp³-hybridized carbons (Fsp3) is 0.812. The molecule has 0 aromatic rings. The lowest BCUT2D eigenvalue weighted by Gasteiger charge is -2.17. The molecule has 0 aliphatic carbocycles. The minimum Gasteiger partial charge on any atom is -0.480 e. The van der Waals surface area contributed by atoms with Crippen molar-refractivity contribution in [1.82, 2.24) is 16.0 Å². The number of hydrogen-bond donors (Lipinski definition) is 4. The summed E-state index contributed by atoms with van der Waals surface area (Å²) >= 11 is 1.86. The third-order valence-corrected chi connectivity index (χ3v) is 6.07. The van der Waals surface area contributed by atoms with Crippen molar-refractivity contribution < 1.29 is 19.5 Å². The van der Waals surface area contributed by atoms with E-state index < -0.39 is 12.0 Å². The molecular weight excluding hydrogens is 330 g/mol. The van der Waals surface area contributed by atoms with Gasteiger partial charge in [0.2, 0.25) is 5.91 Å². The second-order valence-corrected chi connectivity index (χ2v) is 7.74. The Hall–Kier alpha value is -1.44. The van der Waals surface area contributed by atoms with Crippen LogP contribution >= 0.6 is 11.8 Å². The first-order chi connectivity index (χ1) is 11.5. The van der Waals surface area contributed by atoms with Crippen LogP contribution in [0, 0.1) is 0 Å². The molecule has 2 saturated heterocycles. The first-order valence-corrected chi connectivity index (χ1v) is 9.77. The van der Waals surface area contributed by atoms with Crippen LogP contribution in [-0.2, 0) is 9.59 Å². The van der Waals surface area contributed by atoms with Crippen molar-refractivity contribution in [2.75, 3.05) is 5.75 Å². The molecule has 7 nitrogen and oxygen atoms in total. The molecule has 0 bridgehead atoms. The highest BCUT2D eigenvalue weighted by atomic mass is 32.2. The topological polar surface area (TPSA) is 108 Å². The maximum Gasteiger partial charge on any atom is 0.326 e. The third kappa shape index (κ3) is 5.29. The van der Waals surface area contributed by atoms with Gasteiger partial charge in [-0.3, -0.25) is 4.79 Å². The lowest BCUT2D eigenvalue weighted by Crippen LogP contribution is -2.40.